The highest BCUT2D eigenvalue weighted by atomic mass is 16.2. The zero-order valence-electron chi connectivity index (χ0n) is 17.0. The molecular formula is C22H34N3O2+. The predicted molar refractivity (Wildman–Crippen MR) is 106 cm³/mol. The van der Waals surface area contributed by atoms with Crippen LogP contribution in [0.25, 0.3) is 0 Å². The van der Waals surface area contributed by atoms with E-state index in [-0.39, 0.29) is 11.9 Å². The maximum Gasteiger partial charge on any atom is 0.329 e. The zero-order chi connectivity index (χ0) is 19.4. The lowest BCUT2D eigenvalue weighted by Crippen LogP contribution is -3.14. The smallest absolute Gasteiger partial charge is 0.323 e. The Labute approximate surface area is 163 Å². The number of hydrogen-bond acceptors (Lipinski definition) is 2. The Hall–Kier alpha value is -1.88. The summed E-state index contributed by atoms with van der Waals surface area (Å²) in [6, 6.07) is 10.4. The van der Waals surface area contributed by atoms with Gasteiger partial charge < -0.3 is 10.2 Å². The highest BCUT2D eigenvalue weighted by Crippen LogP contribution is 2.24. The number of benzene rings is 1. The number of imide groups is 1. The van der Waals surface area contributed by atoms with E-state index in [4.69, 9.17) is 0 Å². The maximum absolute atomic E-state index is 12.9. The van der Waals surface area contributed by atoms with Gasteiger partial charge in [0.2, 0.25) is 0 Å². The number of rotatable bonds is 7. The van der Waals surface area contributed by atoms with Crippen LogP contribution in [0.1, 0.15) is 52.0 Å². The summed E-state index contributed by atoms with van der Waals surface area (Å²) in [7, 11) is 0. The second-order valence-corrected chi connectivity index (χ2v) is 8.97. The third-order valence-corrected chi connectivity index (χ3v) is 6.13. The number of nitrogens with one attached hydrogen (secondary N) is 2. The summed E-state index contributed by atoms with van der Waals surface area (Å²) < 4.78 is 0. The van der Waals surface area contributed by atoms with Gasteiger partial charge in [-0.25, -0.2) is 9.69 Å². The maximum atomic E-state index is 12.9. The molecule has 2 aliphatic heterocycles. The van der Waals surface area contributed by atoms with E-state index in [0.29, 0.717) is 24.9 Å². The van der Waals surface area contributed by atoms with Gasteiger partial charge in [-0.1, -0.05) is 44.2 Å². The average Bonchev–Trinajstić information content (AvgIpc) is 2.86. The number of urea groups is 1. The average molecular weight is 373 g/mol. The van der Waals surface area contributed by atoms with Crippen molar-refractivity contribution in [2.24, 2.45) is 11.8 Å². The molecule has 5 nitrogen and oxygen atoms in total. The molecule has 148 valence electrons. The van der Waals surface area contributed by atoms with Gasteiger partial charge >= 0.3 is 6.03 Å². The first-order valence-electron chi connectivity index (χ1n) is 10.4. The van der Waals surface area contributed by atoms with Gasteiger partial charge in [-0.2, -0.15) is 0 Å². The normalized spacial score (nSPS) is 28.7. The molecule has 0 spiro atoms. The van der Waals surface area contributed by atoms with Crippen molar-refractivity contribution < 1.29 is 14.5 Å². The van der Waals surface area contributed by atoms with E-state index in [2.05, 4.69) is 49.5 Å². The van der Waals surface area contributed by atoms with E-state index in [1.165, 1.54) is 15.4 Å². The highest BCUT2D eigenvalue weighted by Gasteiger charge is 2.48. The second-order valence-electron chi connectivity index (χ2n) is 8.97. The van der Waals surface area contributed by atoms with Gasteiger partial charge in [0.05, 0.1) is 13.1 Å². The first kappa shape index (κ1) is 19.9. The first-order valence-corrected chi connectivity index (χ1v) is 10.4. The van der Waals surface area contributed by atoms with Crippen LogP contribution in [0.5, 0.6) is 0 Å². The zero-order valence-corrected chi connectivity index (χ0v) is 17.0. The van der Waals surface area contributed by atoms with Gasteiger partial charge in [0, 0.05) is 0 Å². The Balaban J connectivity index is 1.50. The fourth-order valence-corrected chi connectivity index (χ4v) is 4.26. The molecule has 1 aromatic rings. The van der Waals surface area contributed by atoms with E-state index < -0.39 is 5.54 Å². The molecule has 0 saturated carbocycles. The Bertz CT molecular complexity index is 653. The monoisotopic (exact) mass is 372 g/mol. The van der Waals surface area contributed by atoms with Crippen molar-refractivity contribution in [1.29, 1.82) is 0 Å². The van der Waals surface area contributed by atoms with Crippen LogP contribution in [0.2, 0.25) is 0 Å². The van der Waals surface area contributed by atoms with Gasteiger partial charge in [0.15, 0.2) is 6.67 Å². The predicted octanol–water partition coefficient (Wildman–Crippen LogP) is 2.23. The molecule has 0 unspecified atom stereocenters. The minimum atomic E-state index is -0.730. The van der Waals surface area contributed by atoms with Crippen molar-refractivity contribution in [2.75, 3.05) is 19.8 Å². The molecule has 2 aliphatic rings. The quantitative estimate of drug-likeness (QED) is 0.721. The number of nitrogens with zero attached hydrogens (tertiary/aromatic N) is 1. The molecule has 2 saturated heterocycles. The van der Waals surface area contributed by atoms with Crippen LogP contribution < -0.4 is 10.2 Å². The number of hydrogen-bond donors (Lipinski definition) is 2. The fourth-order valence-electron chi connectivity index (χ4n) is 4.26. The summed E-state index contributed by atoms with van der Waals surface area (Å²) in [6.07, 6.45) is 5.08. The molecule has 0 aromatic heterocycles. The summed E-state index contributed by atoms with van der Waals surface area (Å²) in [5.41, 5.74) is 0.674. The summed E-state index contributed by atoms with van der Waals surface area (Å²) >= 11 is 0. The molecule has 0 bridgehead atoms. The number of quaternary nitrogens is 1. The lowest BCUT2D eigenvalue weighted by atomic mass is 9.90. The van der Waals surface area contributed by atoms with Crippen molar-refractivity contribution in [3.8, 4) is 0 Å². The molecule has 0 aliphatic carbocycles. The van der Waals surface area contributed by atoms with E-state index in [1.54, 1.807) is 0 Å². The number of piperidine rings is 1. The molecule has 2 fully saturated rings. The van der Waals surface area contributed by atoms with Crippen LogP contribution in [0.15, 0.2) is 30.3 Å². The molecule has 0 radical (unpaired) electrons. The van der Waals surface area contributed by atoms with Gasteiger partial charge in [-0.05, 0) is 56.4 Å². The van der Waals surface area contributed by atoms with Crippen LogP contribution in [0, 0.1) is 11.8 Å². The Kier molecular flexibility index (Phi) is 6.20. The lowest BCUT2D eigenvalue weighted by Gasteiger charge is -2.31. The molecule has 3 rings (SSSR count). The summed E-state index contributed by atoms with van der Waals surface area (Å²) in [4.78, 5) is 28.1. The van der Waals surface area contributed by atoms with Crippen molar-refractivity contribution in [2.45, 2.75) is 58.4 Å². The number of amides is 3. The highest BCUT2D eigenvalue weighted by molar-refractivity contribution is 6.06. The van der Waals surface area contributed by atoms with Crippen molar-refractivity contribution in [3.63, 3.8) is 0 Å². The number of likely N-dealkylation sites (tertiary alicyclic amines) is 1. The fraction of sp³-hybridized carbons (Fsp3) is 0.636. The SMILES string of the molecule is CC(C)CC[C@]1(C)NC(=O)N(C[NH+]2CCC(Cc3ccccc3)CC2)C1=O. The second kappa shape index (κ2) is 8.42. The topological polar surface area (TPSA) is 53.9 Å². The Morgan fingerprint density at radius 3 is 2.48 bits per heavy atom. The van der Waals surface area contributed by atoms with Gasteiger partial charge in [0.1, 0.15) is 5.54 Å². The lowest BCUT2D eigenvalue weighted by molar-refractivity contribution is -0.913. The number of carbonyl (C=O) groups excluding carboxylic acids is 2. The van der Waals surface area contributed by atoms with E-state index in [0.717, 1.165) is 38.8 Å². The summed E-state index contributed by atoms with van der Waals surface area (Å²) in [5, 5.41) is 2.94. The van der Waals surface area contributed by atoms with Crippen LogP contribution >= 0.6 is 0 Å². The summed E-state index contributed by atoms with van der Waals surface area (Å²) in [5.74, 6) is 1.18. The van der Waals surface area contributed by atoms with Crippen molar-refractivity contribution in [1.82, 2.24) is 10.2 Å². The van der Waals surface area contributed by atoms with Gasteiger partial charge in [-0.15, -0.1) is 0 Å². The van der Waals surface area contributed by atoms with Crippen LogP contribution in [0.3, 0.4) is 0 Å². The standard InChI is InChI=1S/C22H33N3O2/c1-17(2)9-12-22(3)20(26)25(21(27)23-22)16-24-13-10-19(11-14-24)15-18-7-5-4-6-8-18/h4-8,17,19H,9-16H2,1-3H3,(H,23,27)/p+1/t22-/m0/s1. The molecule has 1 atom stereocenters. The molecule has 5 heteroatoms. The molecule has 2 N–H and O–H groups in total. The van der Waals surface area contributed by atoms with Gasteiger partial charge in [-0.3, -0.25) is 4.79 Å². The van der Waals surface area contributed by atoms with Crippen molar-refractivity contribution in [3.05, 3.63) is 35.9 Å². The minimum Gasteiger partial charge on any atom is -0.323 e. The van der Waals surface area contributed by atoms with Crippen LogP contribution in [0.4, 0.5) is 4.79 Å². The Morgan fingerprint density at radius 2 is 1.85 bits per heavy atom. The van der Waals surface area contributed by atoms with E-state index in [9.17, 15) is 9.59 Å². The third-order valence-electron chi connectivity index (χ3n) is 6.13. The number of carbonyl (C=O) groups is 2. The Morgan fingerprint density at radius 1 is 1.19 bits per heavy atom. The molecule has 2 heterocycles. The first-order chi connectivity index (χ1) is 12.9. The minimum absolute atomic E-state index is 0.0490. The van der Waals surface area contributed by atoms with Gasteiger partial charge in [0.25, 0.3) is 5.91 Å². The van der Waals surface area contributed by atoms with E-state index in [1.807, 2.05) is 6.92 Å². The third kappa shape index (κ3) is 4.89. The van der Waals surface area contributed by atoms with Crippen LogP contribution in [-0.2, 0) is 11.2 Å². The molecule has 27 heavy (non-hydrogen) atoms. The molecule has 1 aromatic carbocycles. The van der Waals surface area contributed by atoms with E-state index >= 15 is 0 Å². The molecular weight excluding hydrogens is 338 g/mol. The van der Waals surface area contributed by atoms with Crippen LogP contribution in [-0.4, -0.2) is 42.1 Å². The largest absolute Gasteiger partial charge is 0.329 e. The summed E-state index contributed by atoms with van der Waals surface area (Å²) in [6.45, 7) is 8.71. The van der Waals surface area contributed by atoms with Crippen molar-refractivity contribution >= 4 is 11.9 Å². The molecule has 3 amide bonds.